The summed E-state index contributed by atoms with van der Waals surface area (Å²) in [7, 11) is 0. The zero-order valence-electron chi connectivity index (χ0n) is 14.0. The molecule has 1 aliphatic rings. The highest BCUT2D eigenvalue weighted by atomic mass is 16.1. The van der Waals surface area contributed by atoms with Crippen molar-refractivity contribution in [2.45, 2.75) is 78.6 Å². The van der Waals surface area contributed by atoms with Crippen LogP contribution in [0.5, 0.6) is 0 Å². The summed E-state index contributed by atoms with van der Waals surface area (Å²) < 4.78 is 0. The van der Waals surface area contributed by atoms with Crippen molar-refractivity contribution in [3.05, 3.63) is 23.4 Å². The van der Waals surface area contributed by atoms with Crippen LogP contribution in [0.15, 0.2) is 28.4 Å². The number of hydrogen-bond donors (Lipinski definition) is 0. The first-order valence-electron chi connectivity index (χ1n) is 8.68. The molecule has 0 saturated carbocycles. The average molecular weight is 289 g/mol. The first kappa shape index (κ1) is 17.9. The lowest BCUT2D eigenvalue weighted by Crippen LogP contribution is -2.16. The molecule has 0 bridgehead atoms. The second kappa shape index (κ2) is 10.5. The van der Waals surface area contributed by atoms with Crippen LogP contribution >= 0.6 is 0 Å². The summed E-state index contributed by atoms with van der Waals surface area (Å²) in [5.41, 5.74) is 2.33. The Kier molecular flexibility index (Phi) is 8.96. The lowest BCUT2D eigenvalue weighted by molar-refractivity contribution is -0.121. The number of hydrogen-bond acceptors (Lipinski definition) is 2. The molecule has 0 spiro atoms. The molecule has 1 atom stereocenters. The van der Waals surface area contributed by atoms with E-state index in [4.69, 9.17) is 0 Å². The molecule has 2 nitrogen and oxygen atoms in total. The van der Waals surface area contributed by atoms with Crippen molar-refractivity contribution in [2.75, 3.05) is 0 Å². The van der Waals surface area contributed by atoms with Gasteiger partial charge in [-0.25, -0.2) is 0 Å². The van der Waals surface area contributed by atoms with Gasteiger partial charge in [-0.05, 0) is 31.3 Å². The first-order chi connectivity index (χ1) is 10.2. The van der Waals surface area contributed by atoms with Gasteiger partial charge in [0, 0.05) is 18.3 Å². The molecule has 0 aromatic carbocycles. The fourth-order valence-electron chi connectivity index (χ4n) is 2.77. The zero-order chi connectivity index (χ0) is 15.5. The second-order valence-corrected chi connectivity index (χ2v) is 5.86. The van der Waals surface area contributed by atoms with Crippen molar-refractivity contribution in [3.8, 4) is 0 Å². The SMILES string of the molecule is CCCCCC(C(=O)CC)C1=C/CC\C=C(CCC)/C=N/1. The number of ketones is 1. The predicted octanol–water partition coefficient (Wildman–Crippen LogP) is 5.64. The highest BCUT2D eigenvalue weighted by Gasteiger charge is 2.20. The molecule has 0 saturated heterocycles. The molecule has 0 fully saturated rings. The molecule has 0 N–H and O–H groups in total. The third-order valence-electron chi connectivity index (χ3n) is 4.04. The minimum absolute atomic E-state index is 0.0128. The molecule has 1 rings (SSSR count). The van der Waals surface area contributed by atoms with Crippen molar-refractivity contribution in [1.82, 2.24) is 0 Å². The van der Waals surface area contributed by atoms with E-state index < -0.39 is 0 Å². The Morgan fingerprint density at radius 2 is 1.90 bits per heavy atom. The maximum atomic E-state index is 12.3. The van der Waals surface area contributed by atoms with E-state index in [0.717, 1.165) is 44.2 Å². The molecule has 118 valence electrons. The minimum Gasteiger partial charge on any atom is -0.299 e. The Morgan fingerprint density at radius 1 is 1.14 bits per heavy atom. The Labute approximate surface area is 130 Å². The number of nitrogens with zero attached hydrogens (tertiary/aromatic N) is 1. The monoisotopic (exact) mass is 289 g/mol. The molecule has 21 heavy (non-hydrogen) atoms. The number of rotatable bonds is 9. The van der Waals surface area contributed by atoms with Crippen molar-refractivity contribution < 1.29 is 4.79 Å². The quantitative estimate of drug-likeness (QED) is 0.505. The lowest BCUT2D eigenvalue weighted by Gasteiger charge is -2.17. The van der Waals surface area contributed by atoms with Crippen molar-refractivity contribution >= 4 is 12.0 Å². The fraction of sp³-hybridized carbons (Fsp3) is 0.684. The van der Waals surface area contributed by atoms with Crippen LogP contribution < -0.4 is 0 Å². The first-order valence-corrected chi connectivity index (χ1v) is 8.68. The lowest BCUT2D eigenvalue weighted by atomic mass is 9.91. The van der Waals surface area contributed by atoms with Crippen LogP contribution in [0, 0.1) is 5.92 Å². The van der Waals surface area contributed by atoms with Gasteiger partial charge in [-0.3, -0.25) is 9.79 Å². The zero-order valence-corrected chi connectivity index (χ0v) is 14.0. The number of Topliss-reactive ketones (excluding diaryl/α,β-unsaturated/α-hetero) is 1. The van der Waals surface area contributed by atoms with Crippen LogP contribution in [0.2, 0.25) is 0 Å². The summed E-state index contributed by atoms with van der Waals surface area (Å²) >= 11 is 0. The molecule has 1 unspecified atom stereocenters. The van der Waals surface area contributed by atoms with Crippen LogP contribution in [-0.2, 0) is 4.79 Å². The van der Waals surface area contributed by atoms with Crippen LogP contribution in [0.1, 0.15) is 78.6 Å². The summed E-state index contributed by atoms with van der Waals surface area (Å²) in [6.45, 7) is 6.36. The molecule has 0 aromatic rings. The normalized spacial score (nSPS) is 23.2. The van der Waals surface area contributed by atoms with Crippen molar-refractivity contribution in [1.29, 1.82) is 0 Å². The predicted molar refractivity (Wildman–Crippen MR) is 91.7 cm³/mol. The van der Waals surface area contributed by atoms with Gasteiger partial charge < -0.3 is 0 Å². The Hall–Kier alpha value is -1.18. The number of carbonyl (C=O) groups excluding carboxylic acids is 1. The van der Waals surface area contributed by atoms with Gasteiger partial charge in [-0.1, -0.05) is 58.6 Å². The molecular weight excluding hydrogens is 258 g/mol. The van der Waals surface area contributed by atoms with Crippen molar-refractivity contribution in [3.63, 3.8) is 0 Å². The number of aliphatic imine (C=N–C) groups is 1. The van der Waals surface area contributed by atoms with Gasteiger partial charge in [0.1, 0.15) is 5.78 Å². The van der Waals surface area contributed by atoms with E-state index in [2.05, 4.69) is 31.0 Å². The van der Waals surface area contributed by atoms with Gasteiger partial charge in [-0.2, -0.15) is 0 Å². The van der Waals surface area contributed by atoms with E-state index in [0.29, 0.717) is 12.2 Å². The Balaban J connectivity index is 2.82. The largest absolute Gasteiger partial charge is 0.299 e. The van der Waals surface area contributed by atoms with E-state index in [9.17, 15) is 4.79 Å². The van der Waals surface area contributed by atoms with Gasteiger partial charge in [0.15, 0.2) is 0 Å². The molecule has 1 heterocycles. The van der Waals surface area contributed by atoms with E-state index in [1.165, 1.54) is 18.4 Å². The smallest absolute Gasteiger partial charge is 0.141 e. The molecule has 0 aliphatic carbocycles. The van der Waals surface area contributed by atoms with E-state index >= 15 is 0 Å². The highest BCUT2D eigenvalue weighted by Crippen LogP contribution is 2.25. The molecule has 0 amide bonds. The number of carbonyl (C=O) groups is 1. The summed E-state index contributed by atoms with van der Waals surface area (Å²) in [5.74, 6) is 0.356. The van der Waals surface area contributed by atoms with E-state index in [1.807, 2.05) is 13.1 Å². The van der Waals surface area contributed by atoms with Crippen LogP contribution in [-0.4, -0.2) is 12.0 Å². The van der Waals surface area contributed by atoms with Crippen LogP contribution in [0.4, 0.5) is 0 Å². The van der Waals surface area contributed by atoms with E-state index in [-0.39, 0.29) is 5.92 Å². The average Bonchev–Trinajstić information content (AvgIpc) is 2.47. The molecule has 0 radical (unpaired) electrons. The van der Waals surface area contributed by atoms with E-state index in [1.54, 1.807) is 0 Å². The highest BCUT2D eigenvalue weighted by molar-refractivity contribution is 5.85. The summed E-state index contributed by atoms with van der Waals surface area (Å²) in [6, 6.07) is 0. The number of unbranched alkanes of at least 4 members (excludes halogenated alkanes) is 2. The van der Waals surface area contributed by atoms with Gasteiger partial charge in [0.05, 0.1) is 5.92 Å². The second-order valence-electron chi connectivity index (χ2n) is 5.86. The fourth-order valence-corrected chi connectivity index (χ4v) is 2.77. The third-order valence-corrected chi connectivity index (χ3v) is 4.04. The molecular formula is C19H31NO. The summed E-state index contributed by atoms with van der Waals surface area (Å²) in [6.07, 6.45) is 15.8. The summed E-state index contributed by atoms with van der Waals surface area (Å²) in [4.78, 5) is 17.0. The Bertz CT molecular complexity index is 404. The molecule has 0 aromatic heterocycles. The van der Waals surface area contributed by atoms with Crippen LogP contribution in [0.3, 0.4) is 0 Å². The van der Waals surface area contributed by atoms with Gasteiger partial charge in [0.25, 0.3) is 0 Å². The standard InChI is InChI=1S/C19H31NO/c1-4-7-8-13-17(19(21)6-3)18-14-10-9-12-16(11-5-2)15-20-18/h12,14-15,17H,4-11,13H2,1-3H3/b16-12-,18-14+,20-15+. The maximum absolute atomic E-state index is 12.3. The van der Waals surface area contributed by atoms with Crippen LogP contribution in [0.25, 0.3) is 0 Å². The summed E-state index contributed by atoms with van der Waals surface area (Å²) in [5, 5.41) is 0. The van der Waals surface area contributed by atoms with Crippen molar-refractivity contribution in [2.24, 2.45) is 10.9 Å². The Morgan fingerprint density at radius 3 is 2.57 bits per heavy atom. The molecule has 1 aliphatic heterocycles. The van der Waals surface area contributed by atoms with Gasteiger partial charge >= 0.3 is 0 Å². The minimum atomic E-state index is 0.0128. The topological polar surface area (TPSA) is 29.4 Å². The van der Waals surface area contributed by atoms with Gasteiger partial charge in [0.2, 0.25) is 0 Å². The number of allylic oxidation sites excluding steroid dienone is 4. The molecule has 2 heteroatoms. The maximum Gasteiger partial charge on any atom is 0.141 e. The van der Waals surface area contributed by atoms with Gasteiger partial charge in [-0.15, -0.1) is 0 Å². The third kappa shape index (κ3) is 6.41.